The third kappa shape index (κ3) is 3.49. The van der Waals surface area contributed by atoms with Crippen LogP contribution < -0.4 is 16.2 Å². The predicted octanol–water partition coefficient (Wildman–Crippen LogP) is 0.790. The zero-order valence-electron chi connectivity index (χ0n) is 11.1. The second-order valence-corrected chi connectivity index (χ2v) is 6.67. The molecular weight excluding hydrogens is 278 g/mol. The monoisotopic (exact) mass is 297 g/mol. The van der Waals surface area contributed by atoms with E-state index in [1.165, 1.54) is 6.07 Å². The number of para-hydroxylation sites is 1. The van der Waals surface area contributed by atoms with Crippen LogP contribution in [0, 0.1) is 5.92 Å². The molecule has 0 radical (unpaired) electrons. The van der Waals surface area contributed by atoms with E-state index in [2.05, 4.69) is 5.32 Å². The fourth-order valence-corrected chi connectivity index (χ4v) is 3.28. The number of rotatable bonds is 4. The Labute approximate surface area is 118 Å². The summed E-state index contributed by atoms with van der Waals surface area (Å²) in [4.78, 5) is 11.2. The molecule has 1 saturated carbocycles. The maximum absolute atomic E-state index is 11.5. The number of primary sulfonamides is 1. The van der Waals surface area contributed by atoms with Crippen LogP contribution in [-0.4, -0.2) is 20.4 Å². The van der Waals surface area contributed by atoms with Crippen molar-refractivity contribution < 1.29 is 13.2 Å². The lowest BCUT2D eigenvalue weighted by Gasteiger charge is -2.28. The highest BCUT2D eigenvalue weighted by molar-refractivity contribution is 7.89. The summed E-state index contributed by atoms with van der Waals surface area (Å²) in [5.74, 6) is -0.324. The minimum absolute atomic E-state index is 0.0680. The summed E-state index contributed by atoms with van der Waals surface area (Å²) in [7, 11) is -3.75. The molecule has 1 aliphatic carbocycles. The van der Waals surface area contributed by atoms with E-state index in [4.69, 9.17) is 10.9 Å². The molecule has 110 valence electrons. The Balaban J connectivity index is 2.07. The number of hydrogen-bond acceptors (Lipinski definition) is 4. The molecule has 0 aliphatic heterocycles. The van der Waals surface area contributed by atoms with Gasteiger partial charge in [0, 0.05) is 12.0 Å². The molecule has 0 saturated heterocycles. The highest BCUT2D eigenvalue weighted by Gasteiger charge is 2.25. The summed E-state index contributed by atoms with van der Waals surface area (Å²) in [6, 6.07) is 6.70. The first-order valence-electron chi connectivity index (χ1n) is 6.55. The normalized spacial score (nSPS) is 23.2. The SMILES string of the molecule is NC(=O)C1CCC(Nc2ccccc2S(N)(=O)=O)CC1. The number of sulfonamides is 1. The average molecular weight is 297 g/mol. The Morgan fingerprint density at radius 3 is 2.30 bits per heavy atom. The van der Waals surface area contributed by atoms with Crippen LogP contribution in [0.15, 0.2) is 29.2 Å². The molecule has 1 aliphatic rings. The molecule has 6 nitrogen and oxygen atoms in total. The maximum Gasteiger partial charge on any atom is 0.240 e. The molecule has 1 fully saturated rings. The van der Waals surface area contributed by atoms with Crippen molar-refractivity contribution in [1.82, 2.24) is 0 Å². The van der Waals surface area contributed by atoms with Crippen molar-refractivity contribution in [1.29, 1.82) is 0 Å². The van der Waals surface area contributed by atoms with Gasteiger partial charge in [0.25, 0.3) is 0 Å². The smallest absolute Gasteiger partial charge is 0.240 e. The van der Waals surface area contributed by atoms with Gasteiger partial charge in [-0.2, -0.15) is 0 Å². The summed E-state index contributed by atoms with van der Waals surface area (Å²) in [5, 5.41) is 8.40. The number of carbonyl (C=O) groups excluding carboxylic acids is 1. The topological polar surface area (TPSA) is 115 Å². The van der Waals surface area contributed by atoms with Gasteiger partial charge < -0.3 is 11.1 Å². The molecule has 2 rings (SSSR count). The van der Waals surface area contributed by atoms with Gasteiger partial charge in [-0.1, -0.05) is 12.1 Å². The van der Waals surface area contributed by atoms with Gasteiger partial charge >= 0.3 is 0 Å². The van der Waals surface area contributed by atoms with Crippen LogP contribution in [0.5, 0.6) is 0 Å². The molecule has 0 bridgehead atoms. The molecule has 1 aromatic rings. The molecule has 1 aromatic carbocycles. The number of nitrogens with two attached hydrogens (primary N) is 2. The van der Waals surface area contributed by atoms with E-state index in [1.54, 1.807) is 18.2 Å². The maximum atomic E-state index is 11.5. The molecule has 5 N–H and O–H groups in total. The molecule has 7 heteroatoms. The molecule has 0 heterocycles. The van der Waals surface area contributed by atoms with E-state index in [-0.39, 0.29) is 22.8 Å². The Hall–Kier alpha value is -1.60. The van der Waals surface area contributed by atoms with Gasteiger partial charge in [0.2, 0.25) is 15.9 Å². The van der Waals surface area contributed by atoms with Crippen LogP contribution in [0.25, 0.3) is 0 Å². The van der Waals surface area contributed by atoms with Crippen molar-refractivity contribution in [3.05, 3.63) is 24.3 Å². The molecule has 0 aromatic heterocycles. The van der Waals surface area contributed by atoms with E-state index < -0.39 is 10.0 Å². The van der Waals surface area contributed by atoms with Crippen LogP contribution in [0.3, 0.4) is 0 Å². The Morgan fingerprint density at radius 2 is 1.75 bits per heavy atom. The lowest BCUT2D eigenvalue weighted by atomic mass is 9.85. The highest BCUT2D eigenvalue weighted by atomic mass is 32.2. The number of benzene rings is 1. The fourth-order valence-electron chi connectivity index (χ4n) is 2.58. The number of carbonyl (C=O) groups is 1. The van der Waals surface area contributed by atoms with E-state index in [0.29, 0.717) is 5.69 Å². The van der Waals surface area contributed by atoms with Crippen LogP contribution >= 0.6 is 0 Å². The van der Waals surface area contributed by atoms with Gasteiger partial charge in [0.15, 0.2) is 0 Å². The first kappa shape index (κ1) is 14.8. The molecule has 0 spiro atoms. The minimum atomic E-state index is -3.75. The fraction of sp³-hybridized carbons (Fsp3) is 0.462. The van der Waals surface area contributed by atoms with Crippen LogP contribution in [-0.2, 0) is 14.8 Å². The van der Waals surface area contributed by atoms with Crippen LogP contribution in [0.4, 0.5) is 5.69 Å². The summed E-state index contributed by atoms with van der Waals surface area (Å²) >= 11 is 0. The van der Waals surface area contributed by atoms with Crippen molar-refractivity contribution in [3.8, 4) is 0 Å². The lowest BCUT2D eigenvalue weighted by Crippen LogP contribution is -2.32. The molecular formula is C13H19N3O3S. The summed E-state index contributed by atoms with van der Waals surface area (Å²) < 4.78 is 23.0. The van der Waals surface area contributed by atoms with Gasteiger partial charge in [0.1, 0.15) is 4.90 Å². The van der Waals surface area contributed by atoms with Gasteiger partial charge in [-0.3, -0.25) is 4.79 Å². The largest absolute Gasteiger partial charge is 0.381 e. The summed E-state index contributed by atoms with van der Waals surface area (Å²) in [6.07, 6.45) is 3.02. The van der Waals surface area contributed by atoms with Crippen LogP contribution in [0.2, 0.25) is 0 Å². The molecule has 1 amide bonds. The summed E-state index contributed by atoms with van der Waals surface area (Å²) in [6.45, 7) is 0. The second kappa shape index (κ2) is 5.80. The number of primary amides is 1. The minimum Gasteiger partial charge on any atom is -0.381 e. The van der Waals surface area contributed by atoms with Gasteiger partial charge in [0.05, 0.1) is 5.69 Å². The number of hydrogen-bond donors (Lipinski definition) is 3. The highest BCUT2D eigenvalue weighted by Crippen LogP contribution is 2.28. The Kier molecular flexibility index (Phi) is 4.29. The molecule has 0 atom stereocenters. The quantitative estimate of drug-likeness (QED) is 0.762. The van der Waals surface area contributed by atoms with E-state index >= 15 is 0 Å². The zero-order chi connectivity index (χ0) is 14.8. The third-order valence-corrected chi connectivity index (χ3v) is 4.65. The first-order chi connectivity index (χ1) is 9.38. The van der Waals surface area contributed by atoms with Gasteiger partial charge in [-0.25, -0.2) is 13.6 Å². The number of nitrogens with one attached hydrogen (secondary N) is 1. The van der Waals surface area contributed by atoms with Crippen molar-refractivity contribution in [3.63, 3.8) is 0 Å². The summed E-state index contributed by atoms with van der Waals surface area (Å²) in [5.41, 5.74) is 5.80. The zero-order valence-corrected chi connectivity index (χ0v) is 11.9. The van der Waals surface area contributed by atoms with Crippen molar-refractivity contribution >= 4 is 21.6 Å². The second-order valence-electron chi connectivity index (χ2n) is 5.14. The van der Waals surface area contributed by atoms with Crippen LogP contribution in [0.1, 0.15) is 25.7 Å². The van der Waals surface area contributed by atoms with E-state index in [0.717, 1.165) is 25.7 Å². The van der Waals surface area contributed by atoms with Crippen molar-refractivity contribution in [2.45, 2.75) is 36.6 Å². The Bertz CT molecular complexity index is 593. The Morgan fingerprint density at radius 1 is 1.15 bits per heavy atom. The lowest BCUT2D eigenvalue weighted by molar-refractivity contribution is -0.122. The van der Waals surface area contributed by atoms with Gasteiger partial charge in [-0.05, 0) is 37.8 Å². The molecule has 0 unspecified atom stereocenters. The van der Waals surface area contributed by atoms with E-state index in [9.17, 15) is 13.2 Å². The van der Waals surface area contributed by atoms with Crippen molar-refractivity contribution in [2.75, 3.05) is 5.32 Å². The standard InChI is InChI=1S/C13H19N3O3S/c14-13(17)9-5-7-10(8-6-9)16-11-3-1-2-4-12(11)20(15,18)19/h1-4,9-10,16H,5-8H2,(H2,14,17)(H2,15,18,19). The third-order valence-electron chi connectivity index (χ3n) is 3.68. The average Bonchev–Trinajstić information content (AvgIpc) is 2.38. The van der Waals surface area contributed by atoms with Crippen molar-refractivity contribution in [2.24, 2.45) is 16.8 Å². The van der Waals surface area contributed by atoms with E-state index in [1.807, 2.05) is 0 Å². The first-order valence-corrected chi connectivity index (χ1v) is 8.10. The van der Waals surface area contributed by atoms with Gasteiger partial charge in [-0.15, -0.1) is 0 Å². The number of anilines is 1. The predicted molar refractivity (Wildman–Crippen MR) is 76.4 cm³/mol. The number of amides is 1. The molecule has 20 heavy (non-hydrogen) atoms.